The van der Waals surface area contributed by atoms with E-state index in [2.05, 4.69) is 38.2 Å². The Hall–Kier alpha value is -1.49. The van der Waals surface area contributed by atoms with Crippen LogP contribution in [0.2, 0.25) is 0 Å². The molecule has 1 atom stereocenters. The van der Waals surface area contributed by atoms with Crippen LogP contribution in [0.25, 0.3) is 0 Å². The Morgan fingerprint density at radius 3 is 2.16 bits per heavy atom. The van der Waals surface area contributed by atoms with Gasteiger partial charge in [0.2, 0.25) is 5.91 Å². The largest absolute Gasteiger partial charge is 0.351 e. The maximum Gasteiger partial charge on any atom is 0.318 e. The van der Waals surface area contributed by atoms with Crippen molar-refractivity contribution in [2.75, 3.05) is 0 Å². The van der Waals surface area contributed by atoms with Gasteiger partial charge in [-0.2, -0.15) is 0 Å². The highest BCUT2D eigenvalue weighted by atomic mass is 32.2. The van der Waals surface area contributed by atoms with Crippen LogP contribution in [0.5, 0.6) is 0 Å². The van der Waals surface area contributed by atoms with Crippen LogP contribution in [0.4, 0.5) is 4.79 Å². The zero-order chi connectivity index (χ0) is 14.6. The number of carbonyl (C=O) groups is 2. The predicted octanol–water partition coefficient (Wildman–Crippen LogP) is 2.66. The number of primary amides is 1. The average Bonchev–Trinajstić information content (AvgIpc) is 2.27. The van der Waals surface area contributed by atoms with E-state index in [9.17, 15) is 9.59 Å². The fraction of sp³-hybridized carbons (Fsp3) is 0.429. The fourth-order valence-corrected chi connectivity index (χ4v) is 2.38. The van der Waals surface area contributed by atoms with E-state index in [1.54, 1.807) is 6.92 Å². The number of thioether (sulfide) groups is 1. The first-order valence-electron chi connectivity index (χ1n) is 6.07. The van der Waals surface area contributed by atoms with Crippen molar-refractivity contribution in [2.45, 2.75) is 43.3 Å². The van der Waals surface area contributed by atoms with Gasteiger partial charge in [-0.05, 0) is 30.0 Å². The molecule has 0 aliphatic heterocycles. The number of nitrogens with one attached hydrogen (secondary N) is 1. The molecule has 1 aromatic carbocycles. The number of amides is 3. The molecule has 0 aliphatic rings. The first-order chi connectivity index (χ1) is 8.70. The highest BCUT2D eigenvalue weighted by Gasteiger charge is 2.17. The minimum Gasteiger partial charge on any atom is -0.351 e. The number of rotatable bonds is 3. The molecule has 0 aromatic heterocycles. The van der Waals surface area contributed by atoms with E-state index >= 15 is 0 Å². The van der Waals surface area contributed by atoms with Gasteiger partial charge in [-0.3, -0.25) is 10.1 Å². The van der Waals surface area contributed by atoms with Crippen molar-refractivity contribution < 1.29 is 9.59 Å². The molecular weight excluding hydrogens is 260 g/mol. The monoisotopic (exact) mass is 280 g/mol. The molecule has 4 nitrogen and oxygen atoms in total. The second-order valence-electron chi connectivity index (χ2n) is 5.39. The molecule has 0 saturated carbocycles. The second-order valence-corrected chi connectivity index (χ2v) is 6.80. The number of carbonyl (C=O) groups excluding carboxylic acids is 2. The van der Waals surface area contributed by atoms with Crippen LogP contribution in [0.15, 0.2) is 29.2 Å². The summed E-state index contributed by atoms with van der Waals surface area (Å²) in [6.07, 6.45) is 0. The molecule has 3 N–H and O–H groups in total. The smallest absolute Gasteiger partial charge is 0.318 e. The van der Waals surface area contributed by atoms with Crippen molar-refractivity contribution in [3.8, 4) is 0 Å². The fourth-order valence-electron chi connectivity index (χ4n) is 1.51. The molecule has 1 aromatic rings. The number of urea groups is 1. The van der Waals surface area contributed by atoms with Crippen molar-refractivity contribution >= 4 is 23.7 Å². The molecule has 0 spiro atoms. The summed E-state index contributed by atoms with van der Waals surface area (Å²) in [7, 11) is 0. The summed E-state index contributed by atoms with van der Waals surface area (Å²) in [5.74, 6) is -0.377. The van der Waals surface area contributed by atoms with E-state index in [1.165, 1.54) is 17.3 Å². The summed E-state index contributed by atoms with van der Waals surface area (Å²) in [5.41, 5.74) is 6.26. The van der Waals surface area contributed by atoms with Crippen molar-refractivity contribution in [1.82, 2.24) is 5.32 Å². The van der Waals surface area contributed by atoms with Crippen LogP contribution in [0, 0.1) is 0 Å². The average molecular weight is 280 g/mol. The van der Waals surface area contributed by atoms with E-state index in [0.29, 0.717) is 0 Å². The van der Waals surface area contributed by atoms with Gasteiger partial charge in [0.25, 0.3) is 0 Å². The molecule has 0 heterocycles. The van der Waals surface area contributed by atoms with Crippen molar-refractivity contribution in [1.29, 1.82) is 0 Å². The van der Waals surface area contributed by atoms with Gasteiger partial charge in [-0.25, -0.2) is 4.79 Å². The van der Waals surface area contributed by atoms with E-state index in [-0.39, 0.29) is 16.6 Å². The molecule has 104 valence electrons. The third-order valence-corrected chi connectivity index (χ3v) is 3.76. The summed E-state index contributed by atoms with van der Waals surface area (Å²) in [4.78, 5) is 23.1. The van der Waals surface area contributed by atoms with Crippen molar-refractivity contribution in [3.05, 3.63) is 29.8 Å². The SMILES string of the molecule is C[C@H](Sc1ccc(C(C)(C)C)cc1)C(=O)NC(N)=O. The molecule has 3 amide bonds. The molecule has 0 unspecified atom stereocenters. The topological polar surface area (TPSA) is 72.2 Å². The zero-order valence-electron chi connectivity index (χ0n) is 11.7. The van der Waals surface area contributed by atoms with E-state index < -0.39 is 6.03 Å². The Morgan fingerprint density at radius 2 is 1.74 bits per heavy atom. The lowest BCUT2D eigenvalue weighted by molar-refractivity contribution is -0.119. The Kier molecular flexibility index (Phi) is 5.00. The maximum atomic E-state index is 11.6. The highest BCUT2D eigenvalue weighted by Crippen LogP contribution is 2.27. The minimum atomic E-state index is -0.819. The number of imide groups is 1. The minimum absolute atomic E-state index is 0.109. The lowest BCUT2D eigenvalue weighted by Gasteiger charge is -2.19. The number of hydrogen-bond acceptors (Lipinski definition) is 3. The summed E-state index contributed by atoms with van der Waals surface area (Å²) >= 11 is 1.39. The highest BCUT2D eigenvalue weighted by molar-refractivity contribution is 8.00. The first kappa shape index (κ1) is 15.6. The van der Waals surface area contributed by atoms with Gasteiger partial charge in [0, 0.05) is 4.90 Å². The van der Waals surface area contributed by atoms with Gasteiger partial charge < -0.3 is 5.73 Å². The molecule has 0 fully saturated rings. The van der Waals surface area contributed by atoms with Crippen LogP contribution in [-0.2, 0) is 10.2 Å². The molecule has 1 rings (SSSR count). The maximum absolute atomic E-state index is 11.6. The molecule has 0 bridgehead atoms. The zero-order valence-corrected chi connectivity index (χ0v) is 12.5. The Labute approximate surface area is 118 Å². The Morgan fingerprint density at radius 1 is 1.21 bits per heavy atom. The first-order valence-corrected chi connectivity index (χ1v) is 6.95. The van der Waals surface area contributed by atoms with Gasteiger partial charge in [0.1, 0.15) is 0 Å². The van der Waals surface area contributed by atoms with Crippen LogP contribution in [-0.4, -0.2) is 17.2 Å². The van der Waals surface area contributed by atoms with Gasteiger partial charge in [-0.1, -0.05) is 32.9 Å². The molecule has 0 aliphatic carbocycles. The lowest BCUT2D eigenvalue weighted by Crippen LogP contribution is -2.39. The Bertz CT molecular complexity index is 463. The molecule has 0 radical (unpaired) electrons. The van der Waals surface area contributed by atoms with Crippen LogP contribution >= 0.6 is 11.8 Å². The quantitative estimate of drug-likeness (QED) is 0.836. The van der Waals surface area contributed by atoms with Gasteiger partial charge >= 0.3 is 6.03 Å². The van der Waals surface area contributed by atoms with Gasteiger partial charge in [-0.15, -0.1) is 11.8 Å². The third-order valence-electron chi connectivity index (χ3n) is 2.65. The van der Waals surface area contributed by atoms with Crippen molar-refractivity contribution in [2.24, 2.45) is 5.73 Å². The number of hydrogen-bond donors (Lipinski definition) is 2. The van der Waals surface area contributed by atoms with Crippen molar-refractivity contribution in [3.63, 3.8) is 0 Å². The predicted molar refractivity (Wildman–Crippen MR) is 78.2 cm³/mol. The second kappa shape index (κ2) is 6.10. The normalized spacial score (nSPS) is 12.8. The van der Waals surface area contributed by atoms with Crippen LogP contribution in [0.1, 0.15) is 33.3 Å². The lowest BCUT2D eigenvalue weighted by atomic mass is 9.87. The summed E-state index contributed by atoms with van der Waals surface area (Å²) in [6, 6.07) is 7.27. The van der Waals surface area contributed by atoms with Gasteiger partial charge in [0.15, 0.2) is 0 Å². The molecule has 19 heavy (non-hydrogen) atoms. The van der Waals surface area contributed by atoms with E-state index in [1.807, 2.05) is 12.1 Å². The molecule has 0 saturated heterocycles. The Balaban J connectivity index is 2.68. The molecular formula is C14H20N2O2S. The summed E-state index contributed by atoms with van der Waals surface area (Å²) in [5, 5.41) is 1.71. The molecule has 5 heteroatoms. The number of benzene rings is 1. The van der Waals surface area contributed by atoms with Crippen LogP contribution in [0.3, 0.4) is 0 Å². The summed E-state index contributed by atoms with van der Waals surface area (Å²) < 4.78 is 0. The summed E-state index contributed by atoms with van der Waals surface area (Å²) in [6.45, 7) is 8.19. The van der Waals surface area contributed by atoms with E-state index in [0.717, 1.165) is 4.90 Å². The standard InChI is InChI=1S/C14H20N2O2S/c1-9(12(17)16-13(15)18)19-11-7-5-10(6-8-11)14(2,3)4/h5-9H,1-4H3,(H3,15,16,17,18)/t9-/m0/s1. The number of nitrogens with two attached hydrogens (primary N) is 1. The van der Waals surface area contributed by atoms with Gasteiger partial charge in [0.05, 0.1) is 5.25 Å². The van der Waals surface area contributed by atoms with E-state index in [4.69, 9.17) is 5.73 Å². The third kappa shape index (κ3) is 4.95. The van der Waals surface area contributed by atoms with Crippen LogP contribution < -0.4 is 11.1 Å².